The van der Waals surface area contributed by atoms with E-state index in [1.165, 1.54) is 43.4 Å². The summed E-state index contributed by atoms with van der Waals surface area (Å²) in [7, 11) is 0. The van der Waals surface area contributed by atoms with Crippen LogP contribution in [0.5, 0.6) is 0 Å². The minimum Gasteiger partial charge on any atom is -0.374 e. The van der Waals surface area contributed by atoms with Crippen LogP contribution in [0.25, 0.3) is 0 Å². The van der Waals surface area contributed by atoms with E-state index in [4.69, 9.17) is 9.72 Å². The van der Waals surface area contributed by atoms with Crippen molar-refractivity contribution < 1.29 is 9.53 Å². The van der Waals surface area contributed by atoms with Gasteiger partial charge in [0.1, 0.15) is 0 Å². The Morgan fingerprint density at radius 2 is 1.97 bits per heavy atom. The predicted molar refractivity (Wildman–Crippen MR) is 129 cm³/mol. The smallest absolute Gasteiger partial charge is 0.230 e. The van der Waals surface area contributed by atoms with E-state index in [0.717, 1.165) is 30.5 Å². The summed E-state index contributed by atoms with van der Waals surface area (Å²) in [5, 5.41) is 4.07. The maximum atomic E-state index is 12.6. The number of nitrogens with one attached hydrogen (secondary N) is 1. The first-order valence-corrected chi connectivity index (χ1v) is 12.9. The summed E-state index contributed by atoms with van der Waals surface area (Å²) in [6, 6.07) is 11.0. The molecule has 2 aromatic rings. The van der Waals surface area contributed by atoms with Gasteiger partial charge < -0.3 is 14.6 Å². The molecule has 1 atom stereocenters. The highest BCUT2D eigenvalue weighted by molar-refractivity contribution is 7.99. The van der Waals surface area contributed by atoms with Crippen LogP contribution in [0.2, 0.25) is 0 Å². The van der Waals surface area contributed by atoms with Crippen molar-refractivity contribution in [2.45, 2.75) is 69.8 Å². The van der Waals surface area contributed by atoms with Gasteiger partial charge in [0, 0.05) is 37.9 Å². The van der Waals surface area contributed by atoms with Gasteiger partial charge in [-0.15, -0.1) is 0 Å². The zero-order valence-electron chi connectivity index (χ0n) is 19.4. The van der Waals surface area contributed by atoms with E-state index in [1.807, 2.05) is 6.07 Å². The molecule has 1 N–H and O–H groups in total. The molecule has 1 saturated carbocycles. The van der Waals surface area contributed by atoms with Crippen LogP contribution in [-0.2, 0) is 16.1 Å². The molecule has 0 unspecified atom stereocenters. The number of carbonyl (C=O) groups is 1. The third-order valence-electron chi connectivity index (χ3n) is 6.63. The molecule has 1 aromatic carbocycles. The van der Waals surface area contributed by atoms with E-state index < -0.39 is 0 Å². The molecule has 1 aliphatic carbocycles. The number of rotatable bonds is 8. The maximum Gasteiger partial charge on any atom is 0.230 e. The van der Waals surface area contributed by atoms with Crippen molar-refractivity contribution in [1.29, 1.82) is 0 Å². The largest absolute Gasteiger partial charge is 0.374 e. The predicted octanol–water partition coefficient (Wildman–Crippen LogP) is 4.11. The summed E-state index contributed by atoms with van der Waals surface area (Å²) in [5.74, 6) is 0.440. The van der Waals surface area contributed by atoms with Gasteiger partial charge >= 0.3 is 0 Å². The fourth-order valence-electron chi connectivity index (χ4n) is 4.77. The van der Waals surface area contributed by atoms with Crippen LogP contribution in [0.1, 0.15) is 55.1 Å². The Bertz CT molecular complexity index is 880. The van der Waals surface area contributed by atoms with Crippen molar-refractivity contribution >= 4 is 17.7 Å². The van der Waals surface area contributed by atoms with Crippen LogP contribution < -0.4 is 5.32 Å². The second kappa shape index (κ2) is 11.3. The average molecular weight is 457 g/mol. The van der Waals surface area contributed by atoms with Gasteiger partial charge in [0.2, 0.25) is 5.91 Å². The zero-order valence-corrected chi connectivity index (χ0v) is 20.2. The number of aromatic nitrogens is 2. The minimum atomic E-state index is 0.0372. The number of benzene rings is 1. The van der Waals surface area contributed by atoms with Crippen LogP contribution in [0.3, 0.4) is 0 Å². The number of morpholine rings is 1. The standard InChI is InChI=1S/C25H36N4O2S/c1-19-20(2)29(22-11-7-4-8-12-22)25(27-19)32-18-24(30)26-15-23-17-28(13-14-31-23)16-21-9-5-3-6-10-21/h3,5-6,9-10,22-23H,4,7-8,11-18H2,1-2H3,(H,26,30)/t23-/m0/s1. The first-order valence-electron chi connectivity index (χ1n) is 11.9. The molecule has 32 heavy (non-hydrogen) atoms. The Kier molecular flexibility index (Phi) is 8.27. The number of nitrogens with zero attached hydrogens (tertiary/aromatic N) is 3. The number of amides is 1. The molecule has 174 valence electrons. The molecule has 1 saturated heterocycles. The van der Waals surface area contributed by atoms with Gasteiger partial charge in [-0.2, -0.15) is 0 Å². The lowest BCUT2D eigenvalue weighted by atomic mass is 9.95. The number of aryl methyl sites for hydroxylation is 1. The number of hydrogen-bond donors (Lipinski definition) is 1. The normalized spacial score (nSPS) is 20.4. The molecule has 2 aliphatic rings. The average Bonchev–Trinajstić information content (AvgIpc) is 3.11. The molecule has 2 heterocycles. The van der Waals surface area contributed by atoms with Gasteiger partial charge in [0.05, 0.1) is 24.2 Å². The molecule has 7 heteroatoms. The molecule has 6 nitrogen and oxygen atoms in total. The lowest BCUT2D eigenvalue weighted by molar-refractivity contribution is -0.119. The topological polar surface area (TPSA) is 59.4 Å². The van der Waals surface area contributed by atoms with Gasteiger partial charge in [-0.3, -0.25) is 9.69 Å². The van der Waals surface area contributed by atoms with E-state index in [-0.39, 0.29) is 12.0 Å². The summed E-state index contributed by atoms with van der Waals surface area (Å²) in [5.41, 5.74) is 3.63. The summed E-state index contributed by atoms with van der Waals surface area (Å²) in [6.45, 7) is 8.18. The monoisotopic (exact) mass is 456 g/mol. The van der Waals surface area contributed by atoms with E-state index in [1.54, 1.807) is 11.8 Å². The molecule has 1 aliphatic heterocycles. The van der Waals surface area contributed by atoms with E-state index >= 15 is 0 Å². The molecule has 1 amide bonds. The van der Waals surface area contributed by atoms with Gasteiger partial charge in [0.25, 0.3) is 0 Å². The third kappa shape index (κ3) is 6.15. The number of imidazole rings is 1. The Morgan fingerprint density at radius 1 is 1.19 bits per heavy atom. The maximum absolute atomic E-state index is 12.6. The first kappa shape index (κ1) is 23.3. The SMILES string of the molecule is Cc1nc(SCC(=O)NC[C@H]2CN(Cc3ccccc3)CCO2)n(C2CCCCC2)c1C. The van der Waals surface area contributed by atoms with Crippen LogP contribution in [0, 0.1) is 13.8 Å². The van der Waals surface area contributed by atoms with Crippen molar-refractivity contribution in [2.75, 3.05) is 32.0 Å². The highest BCUT2D eigenvalue weighted by Crippen LogP contribution is 2.34. The van der Waals surface area contributed by atoms with Crippen molar-refractivity contribution in [2.24, 2.45) is 0 Å². The van der Waals surface area contributed by atoms with E-state index in [9.17, 15) is 4.79 Å². The molecular weight excluding hydrogens is 420 g/mol. The second-order valence-electron chi connectivity index (χ2n) is 9.03. The number of ether oxygens (including phenoxy) is 1. The van der Waals surface area contributed by atoms with Crippen LogP contribution in [0.15, 0.2) is 35.5 Å². The Balaban J connectivity index is 1.24. The van der Waals surface area contributed by atoms with Gasteiger partial charge in [0.15, 0.2) is 5.16 Å². The Morgan fingerprint density at radius 3 is 2.75 bits per heavy atom. The Labute approximate surface area is 196 Å². The van der Waals surface area contributed by atoms with Crippen LogP contribution in [-0.4, -0.2) is 58.5 Å². The molecular formula is C25H36N4O2S. The quantitative estimate of drug-likeness (QED) is 0.606. The number of thioether (sulfide) groups is 1. The molecule has 0 radical (unpaired) electrons. The molecule has 1 aromatic heterocycles. The molecule has 2 fully saturated rings. The summed E-state index contributed by atoms with van der Waals surface area (Å²) in [6.07, 6.45) is 6.38. The van der Waals surface area contributed by atoms with Crippen LogP contribution >= 0.6 is 11.8 Å². The highest BCUT2D eigenvalue weighted by Gasteiger charge is 2.24. The lowest BCUT2D eigenvalue weighted by Crippen LogP contribution is -2.47. The summed E-state index contributed by atoms with van der Waals surface area (Å²) in [4.78, 5) is 19.7. The van der Waals surface area contributed by atoms with E-state index in [0.29, 0.717) is 24.9 Å². The summed E-state index contributed by atoms with van der Waals surface area (Å²) >= 11 is 1.56. The highest BCUT2D eigenvalue weighted by atomic mass is 32.2. The summed E-state index contributed by atoms with van der Waals surface area (Å²) < 4.78 is 8.28. The van der Waals surface area contributed by atoms with Gasteiger partial charge in [-0.05, 0) is 32.3 Å². The van der Waals surface area contributed by atoms with Crippen molar-refractivity contribution in [3.63, 3.8) is 0 Å². The van der Waals surface area contributed by atoms with Gasteiger partial charge in [-0.25, -0.2) is 4.98 Å². The third-order valence-corrected chi connectivity index (χ3v) is 7.58. The lowest BCUT2D eigenvalue weighted by Gasteiger charge is -2.33. The molecule has 0 bridgehead atoms. The fourth-order valence-corrected chi connectivity index (χ4v) is 5.75. The Hall–Kier alpha value is -1.83. The second-order valence-corrected chi connectivity index (χ2v) is 9.98. The molecule has 0 spiro atoms. The van der Waals surface area contributed by atoms with E-state index in [2.05, 4.69) is 52.9 Å². The van der Waals surface area contributed by atoms with Gasteiger partial charge in [-0.1, -0.05) is 61.4 Å². The minimum absolute atomic E-state index is 0.0372. The van der Waals surface area contributed by atoms with Crippen molar-refractivity contribution in [1.82, 2.24) is 19.8 Å². The van der Waals surface area contributed by atoms with Crippen molar-refractivity contribution in [3.05, 3.63) is 47.3 Å². The van der Waals surface area contributed by atoms with Crippen LogP contribution in [0.4, 0.5) is 0 Å². The zero-order chi connectivity index (χ0) is 22.3. The number of hydrogen-bond acceptors (Lipinski definition) is 5. The number of carbonyl (C=O) groups excluding carboxylic acids is 1. The fraction of sp³-hybridized carbons (Fsp3) is 0.600. The first-order chi connectivity index (χ1) is 15.6. The molecule has 4 rings (SSSR count). The van der Waals surface area contributed by atoms with Crippen molar-refractivity contribution in [3.8, 4) is 0 Å².